The van der Waals surface area contributed by atoms with Gasteiger partial charge in [0.2, 0.25) is 0 Å². The van der Waals surface area contributed by atoms with Crippen LogP contribution in [0.5, 0.6) is 0 Å². The molecule has 0 aliphatic carbocycles. The lowest BCUT2D eigenvalue weighted by Crippen LogP contribution is -1.97. The second-order valence-corrected chi connectivity index (χ2v) is 3.95. The zero-order valence-electron chi connectivity index (χ0n) is 10.3. The molecule has 1 aromatic carbocycles. The molecule has 1 heterocycles. The molecule has 0 radical (unpaired) electrons. The van der Waals surface area contributed by atoms with Crippen LogP contribution in [0.25, 0.3) is 11.3 Å². The van der Waals surface area contributed by atoms with Gasteiger partial charge in [-0.15, -0.1) is 0 Å². The highest BCUT2D eigenvalue weighted by molar-refractivity contribution is 5.71. The fraction of sp³-hybridized carbons (Fsp3) is 0.286. The molecule has 3 nitrogen and oxygen atoms in total. The Morgan fingerprint density at radius 3 is 2.76 bits per heavy atom. The van der Waals surface area contributed by atoms with E-state index in [4.69, 9.17) is 0 Å². The number of rotatable bonds is 4. The number of nitrogens with one attached hydrogen (secondary N) is 1. The summed E-state index contributed by atoms with van der Waals surface area (Å²) in [7, 11) is 1.86. The number of aryl methyl sites for hydroxylation is 1. The number of hydrogen-bond donors (Lipinski definition) is 1. The van der Waals surface area contributed by atoms with Crippen molar-refractivity contribution in [2.75, 3.05) is 12.4 Å². The fourth-order valence-corrected chi connectivity index (χ4v) is 1.90. The first kappa shape index (κ1) is 11.6. The van der Waals surface area contributed by atoms with E-state index in [2.05, 4.69) is 46.5 Å². The van der Waals surface area contributed by atoms with E-state index in [0.717, 1.165) is 29.9 Å². The van der Waals surface area contributed by atoms with Crippen LogP contribution in [-0.4, -0.2) is 17.0 Å². The zero-order chi connectivity index (χ0) is 12.1. The van der Waals surface area contributed by atoms with Gasteiger partial charge in [-0.3, -0.25) is 4.98 Å². The Hall–Kier alpha value is -1.90. The smallest absolute Gasteiger partial charge is 0.152 e. The average Bonchev–Trinajstić information content (AvgIpc) is 2.39. The number of hydrogen-bond acceptors (Lipinski definition) is 3. The Bertz CT molecular complexity index is 494. The van der Waals surface area contributed by atoms with Crippen LogP contribution in [0.3, 0.4) is 0 Å². The Balaban J connectivity index is 2.41. The van der Waals surface area contributed by atoms with E-state index in [-0.39, 0.29) is 0 Å². The molecule has 0 bridgehead atoms. The van der Waals surface area contributed by atoms with E-state index in [0.29, 0.717) is 0 Å². The molecular weight excluding hydrogens is 210 g/mol. The summed E-state index contributed by atoms with van der Waals surface area (Å²) in [6.07, 6.45) is 5.68. The molecule has 2 rings (SSSR count). The quantitative estimate of drug-likeness (QED) is 0.872. The zero-order valence-corrected chi connectivity index (χ0v) is 10.3. The summed E-state index contributed by atoms with van der Waals surface area (Å²) in [5, 5.41) is 3.07. The van der Waals surface area contributed by atoms with Crippen LogP contribution in [0.4, 0.5) is 5.82 Å². The Morgan fingerprint density at radius 2 is 2.00 bits per heavy atom. The van der Waals surface area contributed by atoms with Crippen LogP contribution in [-0.2, 0) is 6.42 Å². The van der Waals surface area contributed by atoms with Gasteiger partial charge in [0.1, 0.15) is 5.69 Å². The molecule has 2 aromatic rings. The summed E-state index contributed by atoms with van der Waals surface area (Å²) in [4.78, 5) is 8.67. The van der Waals surface area contributed by atoms with Gasteiger partial charge >= 0.3 is 0 Å². The number of nitrogens with zero attached hydrogens (tertiary/aromatic N) is 2. The highest BCUT2D eigenvalue weighted by Gasteiger charge is 2.06. The van der Waals surface area contributed by atoms with Gasteiger partial charge in [-0.05, 0) is 18.1 Å². The molecule has 0 atom stereocenters. The molecule has 0 saturated heterocycles. The minimum Gasteiger partial charge on any atom is -0.371 e. The first-order valence-electron chi connectivity index (χ1n) is 5.93. The van der Waals surface area contributed by atoms with Crippen molar-refractivity contribution in [3.63, 3.8) is 0 Å². The van der Waals surface area contributed by atoms with Crippen LogP contribution in [0.1, 0.15) is 18.9 Å². The van der Waals surface area contributed by atoms with Crippen LogP contribution in [0, 0.1) is 0 Å². The molecule has 0 unspecified atom stereocenters. The van der Waals surface area contributed by atoms with Crippen molar-refractivity contribution in [3.05, 3.63) is 42.2 Å². The number of aromatic nitrogens is 2. The van der Waals surface area contributed by atoms with Crippen molar-refractivity contribution in [1.82, 2.24) is 9.97 Å². The summed E-state index contributed by atoms with van der Waals surface area (Å²) < 4.78 is 0. The normalized spacial score (nSPS) is 10.2. The lowest BCUT2D eigenvalue weighted by molar-refractivity contribution is 0.922. The Morgan fingerprint density at radius 1 is 1.18 bits per heavy atom. The first-order chi connectivity index (χ1) is 8.35. The van der Waals surface area contributed by atoms with Gasteiger partial charge in [0.15, 0.2) is 5.82 Å². The van der Waals surface area contributed by atoms with E-state index >= 15 is 0 Å². The predicted molar refractivity (Wildman–Crippen MR) is 71.0 cm³/mol. The molecule has 17 heavy (non-hydrogen) atoms. The Kier molecular flexibility index (Phi) is 3.70. The van der Waals surface area contributed by atoms with Crippen molar-refractivity contribution < 1.29 is 0 Å². The van der Waals surface area contributed by atoms with Gasteiger partial charge in [-0.2, -0.15) is 0 Å². The van der Waals surface area contributed by atoms with Gasteiger partial charge in [-0.25, -0.2) is 4.98 Å². The lowest BCUT2D eigenvalue weighted by atomic mass is 10.0. The number of benzene rings is 1. The number of anilines is 1. The van der Waals surface area contributed by atoms with E-state index in [1.54, 1.807) is 12.4 Å². The molecule has 1 aromatic heterocycles. The topological polar surface area (TPSA) is 37.8 Å². The molecule has 0 amide bonds. The highest BCUT2D eigenvalue weighted by atomic mass is 15.0. The molecule has 88 valence electrons. The second-order valence-electron chi connectivity index (χ2n) is 3.95. The SMILES string of the molecule is CCCc1cccc(-c2nccnc2NC)c1. The van der Waals surface area contributed by atoms with Crippen molar-refractivity contribution in [2.24, 2.45) is 0 Å². The van der Waals surface area contributed by atoms with Gasteiger partial charge in [0.05, 0.1) is 0 Å². The third-order valence-corrected chi connectivity index (χ3v) is 2.67. The second kappa shape index (κ2) is 5.43. The van der Waals surface area contributed by atoms with Gasteiger partial charge < -0.3 is 5.32 Å². The predicted octanol–water partition coefficient (Wildman–Crippen LogP) is 3.14. The molecule has 1 N–H and O–H groups in total. The molecule has 0 saturated carbocycles. The van der Waals surface area contributed by atoms with Crippen molar-refractivity contribution in [1.29, 1.82) is 0 Å². The van der Waals surface area contributed by atoms with Crippen LogP contribution in [0.2, 0.25) is 0 Å². The van der Waals surface area contributed by atoms with E-state index in [9.17, 15) is 0 Å². The summed E-state index contributed by atoms with van der Waals surface area (Å²) in [6, 6.07) is 8.50. The maximum absolute atomic E-state index is 4.40. The lowest BCUT2D eigenvalue weighted by Gasteiger charge is -2.08. The standard InChI is InChI=1S/C14H17N3/c1-3-5-11-6-4-7-12(10-11)13-14(15-2)17-9-8-16-13/h4,6-10H,3,5H2,1-2H3,(H,15,17). The Labute approximate surface area is 102 Å². The molecular formula is C14H17N3. The van der Waals surface area contributed by atoms with Crippen LogP contribution >= 0.6 is 0 Å². The third-order valence-electron chi connectivity index (χ3n) is 2.67. The molecule has 0 aliphatic heterocycles. The van der Waals surface area contributed by atoms with Gasteiger partial charge in [0.25, 0.3) is 0 Å². The van der Waals surface area contributed by atoms with Crippen molar-refractivity contribution >= 4 is 5.82 Å². The minimum atomic E-state index is 0.821. The minimum absolute atomic E-state index is 0.821. The van der Waals surface area contributed by atoms with Crippen LogP contribution < -0.4 is 5.32 Å². The molecule has 0 fully saturated rings. The van der Waals surface area contributed by atoms with E-state index in [1.165, 1.54) is 5.56 Å². The monoisotopic (exact) mass is 227 g/mol. The maximum Gasteiger partial charge on any atom is 0.152 e. The summed E-state index contributed by atoms with van der Waals surface area (Å²) >= 11 is 0. The molecule has 3 heteroatoms. The molecule has 0 spiro atoms. The van der Waals surface area contributed by atoms with Gasteiger partial charge in [0, 0.05) is 25.0 Å². The molecule has 0 aliphatic rings. The highest BCUT2D eigenvalue weighted by Crippen LogP contribution is 2.24. The van der Waals surface area contributed by atoms with Crippen molar-refractivity contribution in [3.8, 4) is 11.3 Å². The third kappa shape index (κ3) is 2.61. The average molecular weight is 227 g/mol. The first-order valence-corrected chi connectivity index (χ1v) is 5.93. The fourth-order valence-electron chi connectivity index (χ4n) is 1.90. The van der Waals surface area contributed by atoms with E-state index < -0.39 is 0 Å². The van der Waals surface area contributed by atoms with Gasteiger partial charge in [-0.1, -0.05) is 31.5 Å². The van der Waals surface area contributed by atoms with Crippen LogP contribution in [0.15, 0.2) is 36.7 Å². The van der Waals surface area contributed by atoms with Crippen molar-refractivity contribution in [2.45, 2.75) is 19.8 Å². The van der Waals surface area contributed by atoms with E-state index in [1.807, 2.05) is 7.05 Å². The summed E-state index contributed by atoms with van der Waals surface area (Å²) in [6.45, 7) is 2.19. The summed E-state index contributed by atoms with van der Waals surface area (Å²) in [5.74, 6) is 0.821. The largest absolute Gasteiger partial charge is 0.371 e. The summed E-state index contributed by atoms with van der Waals surface area (Å²) in [5.41, 5.74) is 3.37. The maximum atomic E-state index is 4.40.